The zero-order valence-electron chi connectivity index (χ0n) is 7.89. The molecule has 2 rings (SSSR count). The minimum absolute atomic E-state index is 0.781. The fraction of sp³-hybridized carbons (Fsp3) is 0.455. The molecule has 1 aliphatic carbocycles. The highest BCUT2D eigenvalue weighted by Gasteiger charge is 2.19. The van der Waals surface area contributed by atoms with Crippen molar-refractivity contribution in [1.29, 1.82) is 0 Å². The molecule has 1 aromatic rings. The van der Waals surface area contributed by atoms with E-state index in [9.17, 15) is 0 Å². The van der Waals surface area contributed by atoms with Crippen LogP contribution in [0.2, 0.25) is 5.02 Å². The highest BCUT2D eigenvalue weighted by molar-refractivity contribution is 9.10. The van der Waals surface area contributed by atoms with E-state index in [0.29, 0.717) is 0 Å². The van der Waals surface area contributed by atoms with Gasteiger partial charge in [-0.15, -0.1) is 0 Å². The maximum atomic E-state index is 5.91. The van der Waals surface area contributed by atoms with Crippen LogP contribution in [0.3, 0.4) is 0 Å². The van der Waals surface area contributed by atoms with Crippen molar-refractivity contribution in [3.05, 3.63) is 33.3 Å². The smallest absolute Gasteiger partial charge is 0.0548 e. The Morgan fingerprint density at radius 3 is 2.86 bits per heavy atom. The topological polar surface area (TPSA) is 12.0 Å². The van der Waals surface area contributed by atoms with Crippen LogP contribution in [0.5, 0.6) is 0 Å². The first kappa shape index (κ1) is 10.5. The van der Waals surface area contributed by atoms with Crippen molar-refractivity contribution in [2.24, 2.45) is 0 Å². The zero-order valence-corrected chi connectivity index (χ0v) is 10.2. The third-order valence-corrected chi connectivity index (χ3v) is 3.62. The lowest BCUT2D eigenvalue weighted by Crippen LogP contribution is -2.19. The Balaban J connectivity index is 1.85. The molecule has 76 valence electrons. The molecule has 3 heteroatoms. The quantitative estimate of drug-likeness (QED) is 0.887. The number of halogens is 2. The normalized spacial score (nSPS) is 15.9. The fourth-order valence-electron chi connectivity index (χ4n) is 1.40. The molecule has 0 unspecified atom stereocenters. The van der Waals surface area contributed by atoms with E-state index in [1.807, 2.05) is 6.07 Å². The van der Waals surface area contributed by atoms with Gasteiger partial charge in [-0.25, -0.2) is 0 Å². The minimum atomic E-state index is 0.781. The Bertz CT molecular complexity index is 323. The summed E-state index contributed by atoms with van der Waals surface area (Å²) in [5.74, 6) is 0. The summed E-state index contributed by atoms with van der Waals surface area (Å²) in [4.78, 5) is 0. The van der Waals surface area contributed by atoms with Gasteiger partial charge in [0.05, 0.1) is 5.02 Å². The molecule has 1 saturated carbocycles. The molecule has 1 aliphatic rings. The Hall–Kier alpha value is -0.0500. The van der Waals surface area contributed by atoms with Crippen LogP contribution < -0.4 is 5.32 Å². The number of benzene rings is 1. The summed E-state index contributed by atoms with van der Waals surface area (Å²) < 4.78 is 0.989. The molecule has 0 saturated heterocycles. The molecule has 14 heavy (non-hydrogen) atoms. The molecule has 0 aliphatic heterocycles. The lowest BCUT2D eigenvalue weighted by Gasteiger charge is -2.04. The molecule has 0 radical (unpaired) electrons. The van der Waals surface area contributed by atoms with Crippen molar-refractivity contribution in [1.82, 2.24) is 5.32 Å². The van der Waals surface area contributed by atoms with Crippen molar-refractivity contribution in [2.45, 2.75) is 25.3 Å². The van der Waals surface area contributed by atoms with Crippen LogP contribution >= 0.6 is 27.5 Å². The fourth-order valence-corrected chi connectivity index (χ4v) is 1.95. The summed E-state index contributed by atoms with van der Waals surface area (Å²) in [6.07, 6.45) is 3.78. The maximum absolute atomic E-state index is 5.91. The van der Waals surface area contributed by atoms with Crippen molar-refractivity contribution >= 4 is 27.5 Å². The first-order valence-corrected chi connectivity index (χ1v) is 6.10. The minimum Gasteiger partial charge on any atom is -0.314 e. The molecule has 1 nitrogen and oxygen atoms in total. The van der Waals surface area contributed by atoms with Crippen LogP contribution in [0, 0.1) is 0 Å². The van der Waals surface area contributed by atoms with E-state index in [0.717, 1.165) is 28.5 Å². The SMILES string of the molecule is Clc1ccc(CCNC2CC2)cc1Br. The van der Waals surface area contributed by atoms with Crippen LogP contribution in [-0.4, -0.2) is 12.6 Å². The van der Waals surface area contributed by atoms with Crippen LogP contribution in [0.4, 0.5) is 0 Å². The molecule has 1 aromatic carbocycles. The first-order valence-electron chi connectivity index (χ1n) is 4.93. The lowest BCUT2D eigenvalue weighted by molar-refractivity contribution is 0.682. The predicted octanol–water partition coefficient (Wildman–Crippen LogP) is 3.40. The third-order valence-electron chi connectivity index (χ3n) is 2.41. The Kier molecular flexibility index (Phi) is 3.47. The van der Waals surface area contributed by atoms with Gasteiger partial charge in [0.15, 0.2) is 0 Å². The predicted molar refractivity (Wildman–Crippen MR) is 63.9 cm³/mol. The number of rotatable bonds is 4. The molecule has 0 amide bonds. The number of nitrogens with one attached hydrogen (secondary N) is 1. The summed E-state index contributed by atoms with van der Waals surface area (Å²) in [5, 5.41) is 4.27. The number of hydrogen-bond donors (Lipinski definition) is 1. The molecule has 0 bridgehead atoms. The van der Waals surface area contributed by atoms with Crippen LogP contribution in [0.25, 0.3) is 0 Å². The van der Waals surface area contributed by atoms with E-state index in [4.69, 9.17) is 11.6 Å². The summed E-state index contributed by atoms with van der Waals surface area (Å²) in [6, 6.07) is 6.92. The van der Waals surface area contributed by atoms with E-state index >= 15 is 0 Å². The second-order valence-electron chi connectivity index (χ2n) is 3.73. The molecule has 0 heterocycles. The van der Waals surface area contributed by atoms with Crippen molar-refractivity contribution in [3.63, 3.8) is 0 Å². The second kappa shape index (κ2) is 4.65. The second-order valence-corrected chi connectivity index (χ2v) is 4.99. The van der Waals surface area contributed by atoms with E-state index < -0.39 is 0 Å². The van der Waals surface area contributed by atoms with E-state index in [1.165, 1.54) is 18.4 Å². The Morgan fingerprint density at radius 2 is 2.21 bits per heavy atom. The van der Waals surface area contributed by atoms with Gasteiger partial charge in [-0.2, -0.15) is 0 Å². The summed E-state index contributed by atoms with van der Waals surface area (Å²) in [6.45, 7) is 1.07. The zero-order chi connectivity index (χ0) is 9.97. The van der Waals surface area contributed by atoms with Gasteiger partial charge in [-0.1, -0.05) is 17.7 Å². The van der Waals surface area contributed by atoms with Crippen LogP contribution in [0.1, 0.15) is 18.4 Å². The molecular formula is C11H13BrClN. The van der Waals surface area contributed by atoms with Crippen LogP contribution in [-0.2, 0) is 6.42 Å². The molecule has 0 spiro atoms. The van der Waals surface area contributed by atoms with E-state index in [-0.39, 0.29) is 0 Å². The summed E-state index contributed by atoms with van der Waals surface area (Å²) >= 11 is 9.34. The van der Waals surface area contributed by atoms with Gasteiger partial charge in [0, 0.05) is 10.5 Å². The molecule has 1 N–H and O–H groups in total. The van der Waals surface area contributed by atoms with Crippen molar-refractivity contribution < 1.29 is 0 Å². The molecule has 1 fully saturated rings. The van der Waals surface area contributed by atoms with Crippen molar-refractivity contribution in [2.75, 3.05) is 6.54 Å². The standard InChI is InChI=1S/C11H13BrClN/c12-10-7-8(1-4-11(10)13)5-6-14-9-2-3-9/h1,4,7,9,14H,2-3,5-6H2. The van der Waals surface area contributed by atoms with Gasteiger partial charge in [0.25, 0.3) is 0 Å². The highest BCUT2D eigenvalue weighted by atomic mass is 79.9. The maximum Gasteiger partial charge on any atom is 0.0548 e. The van der Waals surface area contributed by atoms with Gasteiger partial charge in [-0.05, 0) is 59.4 Å². The van der Waals surface area contributed by atoms with Gasteiger partial charge >= 0.3 is 0 Å². The van der Waals surface area contributed by atoms with Gasteiger partial charge < -0.3 is 5.32 Å². The van der Waals surface area contributed by atoms with Crippen LogP contribution in [0.15, 0.2) is 22.7 Å². The first-order chi connectivity index (χ1) is 6.75. The Morgan fingerprint density at radius 1 is 1.43 bits per heavy atom. The molecule has 0 aromatic heterocycles. The summed E-state index contributed by atoms with van der Waals surface area (Å²) in [7, 11) is 0. The molecule has 0 atom stereocenters. The average molecular weight is 275 g/mol. The lowest BCUT2D eigenvalue weighted by atomic mass is 10.1. The van der Waals surface area contributed by atoms with Gasteiger partial charge in [0.1, 0.15) is 0 Å². The largest absolute Gasteiger partial charge is 0.314 e. The summed E-state index contributed by atoms with van der Waals surface area (Å²) in [5.41, 5.74) is 1.33. The Labute approximate surface area is 98.0 Å². The third kappa shape index (κ3) is 2.97. The average Bonchev–Trinajstić information content (AvgIpc) is 2.95. The molecular weight excluding hydrogens is 261 g/mol. The van der Waals surface area contributed by atoms with E-state index in [1.54, 1.807) is 0 Å². The van der Waals surface area contributed by atoms with Gasteiger partial charge in [0.2, 0.25) is 0 Å². The monoisotopic (exact) mass is 273 g/mol. The van der Waals surface area contributed by atoms with E-state index in [2.05, 4.69) is 33.4 Å². The van der Waals surface area contributed by atoms with Crippen molar-refractivity contribution in [3.8, 4) is 0 Å². The van der Waals surface area contributed by atoms with Gasteiger partial charge in [-0.3, -0.25) is 0 Å². The highest BCUT2D eigenvalue weighted by Crippen LogP contribution is 2.23. The number of hydrogen-bond acceptors (Lipinski definition) is 1.